The molecular formula is C15H19ClN2O. The minimum absolute atomic E-state index is 0.460. The van der Waals surface area contributed by atoms with Gasteiger partial charge in [0.25, 0.3) is 0 Å². The van der Waals surface area contributed by atoms with Crippen molar-refractivity contribution in [2.75, 3.05) is 13.2 Å². The maximum absolute atomic E-state index is 6.05. The first-order valence-electron chi connectivity index (χ1n) is 6.87. The molecule has 1 unspecified atom stereocenters. The lowest BCUT2D eigenvalue weighted by Gasteiger charge is -2.23. The molecule has 1 saturated heterocycles. The number of benzene rings is 1. The minimum atomic E-state index is 0.460. The van der Waals surface area contributed by atoms with Crippen LogP contribution in [0.1, 0.15) is 24.2 Å². The molecule has 19 heavy (non-hydrogen) atoms. The van der Waals surface area contributed by atoms with E-state index in [2.05, 4.69) is 34.7 Å². The van der Waals surface area contributed by atoms with Crippen LogP contribution in [0.5, 0.6) is 0 Å². The van der Waals surface area contributed by atoms with Crippen LogP contribution in [0.4, 0.5) is 0 Å². The Balaban J connectivity index is 1.95. The number of hydrogen-bond donors (Lipinski definition) is 0. The van der Waals surface area contributed by atoms with Gasteiger partial charge in [-0.05, 0) is 37.5 Å². The van der Waals surface area contributed by atoms with E-state index in [0.29, 0.717) is 11.8 Å². The van der Waals surface area contributed by atoms with E-state index in [1.807, 2.05) is 0 Å². The third-order valence-electron chi connectivity index (χ3n) is 3.80. The SMILES string of the molecule is Cc1ccc2c(c1)nc(CCl)n2CC1CCCOC1. The van der Waals surface area contributed by atoms with Gasteiger partial charge in [-0.15, -0.1) is 11.6 Å². The number of imidazole rings is 1. The highest BCUT2D eigenvalue weighted by Crippen LogP contribution is 2.23. The van der Waals surface area contributed by atoms with Crippen molar-refractivity contribution in [1.29, 1.82) is 0 Å². The molecule has 1 atom stereocenters. The number of alkyl halides is 1. The quantitative estimate of drug-likeness (QED) is 0.804. The van der Waals surface area contributed by atoms with Crippen molar-refractivity contribution < 1.29 is 4.74 Å². The molecule has 0 aliphatic carbocycles. The maximum Gasteiger partial charge on any atom is 0.124 e. The molecular weight excluding hydrogens is 260 g/mol. The predicted molar refractivity (Wildman–Crippen MR) is 77.6 cm³/mol. The van der Waals surface area contributed by atoms with Crippen LogP contribution in [0, 0.1) is 12.8 Å². The van der Waals surface area contributed by atoms with E-state index in [1.54, 1.807) is 0 Å². The molecule has 102 valence electrons. The Hall–Kier alpha value is -1.06. The van der Waals surface area contributed by atoms with Gasteiger partial charge < -0.3 is 9.30 Å². The summed E-state index contributed by atoms with van der Waals surface area (Å²) in [6.07, 6.45) is 2.39. The first-order valence-corrected chi connectivity index (χ1v) is 7.41. The van der Waals surface area contributed by atoms with Crippen LogP contribution in [0.3, 0.4) is 0 Å². The Morgan fingerprint density at radius 1 is 1.47 bits per heavy atom. The number of halogens is 1. The van der Waals surface area contributed by atoms with E-state index in [9.17, 15) is 0 Å². The molecule has 1 aromatic carbocycles. The summed E-state index contributed by atoms with van der Waals surface area (Å²) in [4.78, 5) is 4.65. The monoisotopic (exact) mass is 278 g/mol. The zero-order valence-corrected chi connectivity index (χ0v) is 12.0. The molecule has 0 saturated carbocycles. The molecule has 1 fully saturated rings. The highest BCUT2D eigenvalue weighted by Gasteiger charge is 2.18. The third kappa shape index (κ3) is 2.63. The highest BCUT2D eigenvalue weighted by atomic mass is 35.5. The first kappa shape index (κ1) is 12.9. The Labute approximate surface area is 118 Å². The molecule has 1 aliphatic rings. The van der Waals surface area contributed by atoms with Crippen molar-refractivity contribution in [1.82, 2.24) is 9.55 Å². The van der Waals surface area contributed by atoms with Gasteiger partial charge in [0.2, 0.25) is 0 Å². The van der Waals surface area contributed by atoms with Crippen molar-refractivity contribution in [2.24, 2.45) is 5.92 Å². The zero-order valence-electron chi connectivity index (χ0n) is 11.2. The molecule has 2 heterocycles. The van der Waals surface area contributed by atoms with Gasteiger partial charge in [0, 0.05) is 19.1 Å². The highest BCUT2D eigenvalue weighted by molar-refractivity contribution is 6.16. The van der Waals surface area contributed by atoms with E-state index in [0.717, 1.165) is 37.5 Å². The number of nitrogens with zero attached hydrogens (tertiary/aromatic N) is 2. The predicted octanol–water partition coefficient (Wildman–Crippen LogP) is 3.51. The van der Waals surface area contributed by atoms with Crippen LogP contribution in [0.15, 0.2) is 18.2 Å². The molecule has 3 rings (SSSR count). The van der Waals surface area contributed by atoms with Gasteiger partial charge in [0.05, 0.1) is 23.5 Å². The average molecular weight is 279 g/mol. The number of ether oxygens (including phenoxy) is 1. The Kier molecular flexibility index (Phi) is 3.76. The third-order valence-corrected chi connectivity index (χ3v) is 4.04. The van der Waals surface area contributed by atoms with Gasteiger partial charge >= 0.3 is 0 Å². The summed E-state index contributed by atoms with van der Waals surface area (Å²) in [5.41, 5.74) is 3.47. The second-order valence-corrected chi connectivity index (χ2v) is 5.61. The van der Waals surface area contributed by atoms with E-state index < -0.39 is 0 Å². The second-order valence-electron chi connectivity index (χ2n) is 5.35. The van der Waals surface area contributed by atoms with E-state index in [-0.39, 0.29) is 0 Å². The summed E-state index contributed by atoms with van der Waals surface area (Å²) < 4.78 is 7.83. The number of fused-ring (bicyclic) bond motifs is 1. The summed E-state index contributed by atoms with van der Waals surface area (Å²) >= 11 is 6.05. The van der Waals surface area contributed by atoms with Gasteiger partial charge in [-0.1, -0.05) is 6.07 Å². The van der Waals surface area contributed by atoms with Gasteiger partial charge in [-0.2, -0.15) is 0 Å². The number of hydrogen-bond acceptors (Lipinski definition) is 2. The fraction of sp³-hybridized carbons (Fsp3) is 0.533. The lowest BCUT2D eigenvalue weighted by Crippen LogP contribution is -2.22. The van der Waals surface area contributed by atoms with Gasteiger partial charge in [0.1, 0.15) is 5.82 Å². The minimum Gasteiger partial charge on any atom is -0.381 e. The summed E-state index contributed by atoms with van der Waals surface area (Å²) in [6, 6.07) is 6.41. The lowest BCUT2D eigenvalue weighted by molar-refractivity contribution is 0.0485. The standard InChI is InChI=1S/C15H19ClN2O/c1-11-4-5-14-13(7-11)17-15(8-16)18(14)9-12-3-2-6-19-10-12/h4-5,7,12H,2-3,6,8-10H2,1H3. The van der Waals surface area contributed by atoms with Crippen molar-refractivity contribution >= 4 is 22.6 Å². The molecule has 0 spiro atoms. The number of aromatic nitrogens is 2. The fourth-order valence-electron chi connectivity index (χ4n) is 2.81. The fourth-order valence-corrected chi connectivity index (χ4v) is 3.01. The summed E-state index contributed by atoms with van der Waals surface area (Å²) in [6.45, 7) is 4.81. The van der Waals surface area contributed by atoms with Crippen molar-refractivity contribution in [3.63, 3.8) is 0 Å². The Bertz CT molecular complexity index is 573. The first-order chi connectivity index (χ1) is 9.28. The van der Waals surface area contributed by atoms with Crippen LogP contribution in [0.25, 0.3) is 11.0 Å². The summed E-state index contributed by atoms with van der Waals surface area (Å²) in [5, 5.41) is 0. The largest absolute Gasteiger partial charge is 0.381 e. The normalized spacial score (nSPS) is 20.0. The molecule has 2 aromatic rings. The smallest absolute Gasteiger partial charge is 0.124 e. The molecule has 0 N–H and O–H groups in total. The Morgan fingerprint density at radius 2 is 2.37 bits per heavy atom. The van der Waals surface area contributed by atoms with Crippen LogP contribution < -0.4 is 0 Å². The van der Waals surface area contributed by atoms with E-state index >= 15 is 0 Å². The number of aryl methyl sites for hydroxylation is 1. The topological polar surface area (TPSA) is 27.1 Å². The molecule has 0 bridgehead atoms. The van der Waals surface area contributed by atoms with Crippen molar-refractivity contribution in [3.05, 3.63) is 29.6 Å². The van der Waals surface area contributed by atoms with E-state index in [1.165, 1.54) is 17.5 Å². The van der Waals surface area contributed by atoms with Crippen molar-refractivity contribution in [2.45, 2.75) is 32.2 Å². The second kappa shape index (κ2) is 5.51. The zero-order chi connectivity index (χ0) is 13.2. The van der Waals surface area contributed by atoms with Gasteiger partial charge in [0.15, 0.2) is 0 Å². The molecule has 4 heteroatoms. The van der Waals surface area contributed by atoms with Crippen LogP contribution in [0.2, 0.25) is 0 Å². The average Bonchev–Trinajstić information content (AvgIpc) is 2.77. The van der Waals surface area contributed by atoms with Crippen LogP contribution >= 0.6 is 11.6 Å². The van der Waals surface area contributed by atoms with Gasteiger partial charge in [-0.3, -0.25) is 0 Å². The lowest BCUT2D eigenvalue weighted by atomic mass is 10.0. The van der Waals surface area contributed by atoms with Gasteiger partial charge in [-0.25, -0.2) is 4.98 Å². The van der Waals surface area contributed by atoms with Crippen molar-refractivity contribution in [3.8, 4) is 0 Å². The molecule has 3 nitrogen and oxygen atoms in total. The van der Waals surface area contributed by atoms with Crippen LogP contribution in [-0.4, -0.2) is 22.8 Å². The summed E-state index contributed by atoms with van der Waals surface area (Å²) in [5.74, 6) is 2.00. The molecule has 0 radical (unpaired) electrons. The van der Waals surface area contributed by atoms with Crippen LogP contribution in [-0.2, 0) is 17.2 Å². The number of rotatable bonds is 3. The molecule has 1 aromatic heterocycles. The maximum atomic E-state index is 6.05. The molecule has 0 amide bonds. The van der Waals surface area contributed by atoms with E-state index in [4.69, 9.17) is 16.3 Å². The Morgan fingerprint density at radius 3 is 3.11 bits per heavy atom. The molecule has 1 aliphatic heterocycles. The summed E-state index contributed by atoms with van der Waals surface area (Å²) in [7, 11) is 0.